The molecular formula is C21H28N4O2S2. The highest BCUT2D eigenvalue weighted by atomic mass is 32.2. The topological polar surface area (TPSA) is 57.2 Å². The first-order valence-electron chi connectivity index (χ1n) is 10.1. The molecule has 0 radical (unpaired) electrons. The summed E-state index contributed by atoms with van der Waals surface area (Å²) in [7, 11) is 2.16. The lowest BCUT2D eigenvalue weighted by atomic mass is 10.0. The number of carbonyl (C=O) groups is 1. The first-order chi connectivity index (χ1) is 14.2. The van der Waals surface area contributed by atoms with E-state index in [1.807, 2.05) is 41.1 Å². The van der Waals surface area contributed by atoms with Gasteiger partial charge in [0.25, 0.3) is 0 Å². The molecule has 2 atom stereocenters. The predicted molar refractivity (Wildman–Crippen MR) is 121 cm³/mol. The number of likely N-dealkylation sites (N-methyl/N-ethyl adjacent to an activating group) is 1. The van der Waals surface area contributed by atoms with E-state index in [4.69, 9.17) is 4.74 Å². The van der Waals surface area contributed by atoms with Crippen molar-refractivity contribution in [3.05, 3.63) is 47.5 Å². The zero-order valence-electron chi connectivity index (χ0n) is 16.8. The minimum Gasteiger partial charge on any atom is -0.447 e. The average Bonchev–Trinajstić information content (AvgIpc) is 3.35. The van der Waals surface area contributed by atoms with Gasteiger partial charge in [-0.2, -0.15) is 0 Å². The Bertz CT molecular complexity index is 773. The number of cyclic esters (lactones) is 1. The van der Waals surface area contributed by atoms with E-state index >= 15 is 0 Å². The fraction of sp³-hybridized carbons (Fsp3) is 0.524. The maximum absolute atomic E-state index is 12.2. The molecule has 1 fully saturated rings. The van der Waals surface area contributed by atoms with Crippen molar-refractivity contribution >= 4 is 36.2 Å². The largest absolute Gasteiger partial charge is 0.447 e. The summed E-state index contributed by atoms with van der Waals surface area (Å²) in [6, 6.07) is 10.4. The number of benzene rings is 1. The van der Waals surface area contributed by atoms with Gasteiger partial charge >= 0.3 is 6.09 Å². The minimum atomic E-state index is -0.228. The number of hydrogen-bond donors (Lipinski definition) is 1. The van der Waals surface area contributed by atoms with Crippen molar-refractivity contribution in [1.82, 2.24) is 14.5 Å². The van der Waals surface area contributed by atoms with E-state index in [2.05, 4.69) is 39.3 Å². The number of hydrogen-bond acceptors (Lipinski definition) is 7. The molecule has 29 heavy (non-hydrogen) atoms. The van der Waals surface area contributed by atoms with Crippen molar-refractivity contribution in [2.24, 2.45) is 4.40 Å². The summed E-state index contributed by atoms with van der Waals surface area (Å²) in [5, 5.41) is 0. The fourth-order valence-corrected chi connectivity index (χ4v) is 6.03. The molecule has 1 saturated heterocycles. The number of ether oxygens (including phenoxy) is 1. The van der Waals surface area contributed by atoms with Gasteiger partial charge in [0, 0.05) is 25.8 Å². The molecule has 6 nitrogen and oxygen atoms in total. The molecule has 156 valence electrons. The molecule has 0 aromatic heterocycles. The fourth-order valence-electron chi connectivity index (χ4n) is 3.98. The van der Waals surface area contributed by atoms with E-state index in [1.54, 1.807) is 0 Å². The Morgan fingerprint density at radius 1 is 1.38 bits per heavy atom. The van der Waals surface area contributed by atoms with Crippen molar-refractivity contribution in [3.63, 3.8) is 0 Å². The van der Waals surface area contributed by atoms with Crippen LogP contribution < -0.4 is 4.72 Å². The SMILES string of the molecule is CN1CCC=C(C2(SCCCN3C(=O)OCC3Cc3ccccc3)C=NSN2)C1. The number of nitrogens with one attached hydrogen (secondary N) is 1. The molecule has 3 heterocycles. The van der Waals surface area contributed by atoms with E-state index in [9.17, 15) is 4.79 Å². The van der Waals surface area contributed by atoms with Crippen LogP contribution in [0, 0.1) is 0 Å². The van der Waals surface area contributed by atoms with E-state index in [-0.39, 0.29) is 17.0 Å². The van der Waals surface area contributed by atoms with Gasteiger partial charge in [0.15, 0.2) is 0 Å². The van der Waals surface area contributed by atoms with Crippen molar-refractivity contribution < 1.29 is 9.53 Å². The van der Waals surface area contributed by atoms with Crippen LogP contribution in [0.3, 0.4) is 0 Å². The molecule has 2 unspecified atom stereocenters. The van der Waals surface area contributed by atoms with Gasteiger partial charge in [-0.25, -0.2) is 13.9 Å². The molecule has 0 aliphatic carbocycles. The van der Waals surface area contributed by atoms with E-state index in [0.29, 0.717) is 6.61 Å². The molecule has 4 rings (SSSR count). The van der Waals surface area contributed by atoms with Gasteiger partial charge in [0.05, 0.1) is 18.2 Å². The summed E-state index contributed by atoms with van der Waals surface area (Å²) >= 11 is 3.29. The highest BCUT2D eigenvalue weighted by molar-refractivity contribution is 8.04. The molecular weight excluding hydrogens is 404 g/mol. The lowest BCUT2D eigenvalue weighted by Crippen LogP contribution is -2.44. The standard InChI is InChI=1S/C21H28N4O2S2/c1-24-10-5-9-18(14-24)21(16-22-29-23-21)28-12-6-11-25-19(15-27-20(25)26)13-17-7-3-2-4-8-17/h2-4,7-9,16,19,23H,5-6,10-15H2,1H3. The van der Waals surface area contributed by atoms with Crippen molar-refractivity contribution in [2.75, 3.05) is 39.0 Å². The lowest BCUT2D eigenvalue weighted by Gasteiger charge is -2.34. The molecule has 3 aliphatic heterocycles. The number of carbonyl (C=O) groups excluding carboxylic acids is 1. The molecule has 1 aromatic rings. The molecule has 1 amide bonds. The van der Waals surface area contributed by atoms with Gasteiger partial charge in [-0.15, -0.1) is 11.8 Å². The van der Waals surface area contributed by atoms with Crippen molar-refractivity contribution in [3.8, 4) is 0 Å². The van der Waals surface area contributed by atoms with Crippen LogP contribution in [0.2, 0.25) is 0 Å². The van der Waals surface area contributed by atoms with Gasteiger partial charge in [-0.1, -0.05) is 36.4 Å². The van der Waals surface area contributed by atoms with E-state index < -0.39 is 0 Å². The van der Waals surface area contributed by atoms with E-state index in [0.717, 1.165) is 44.6 Å². The quantitative estimate of drug-likeness (QED) is 0.386. The Morgan fingerprint density at radius 2 is 2.24 bits per heavy atom. The molecule has 3 aliphatic rings. The Balaban J connectivity index is 1.31. The normalized spacial score (nSPS) is 27.3. The third-order valence-electron chi connectivity index (χ3n) is 5.57. The maximum atomic E-state index is 12.2. The molecule has 0 bridgehead atoms. The zero-order valence-corrected chi connectivity index (χ0v) is 18.4. The summed E-state index contributed by atoms with van der Waals surface area (Å²) in [5.74, 6) is 0.947. The molecule has 1 N–H and O–H groups in total. The van der Waals surface area contributed by atoms with Gasteiger partial charge in [0.2, 0.25) is 0 Å². The van der Waals surface area contributed by atoms with Gasteiger partial charge < -0.3 is 14.5 Å². The van der Waals surface area contributed by atoms with Crippen LogP contribution in [0.1, 0.15) is 18.4 Å². The van der Waals surface area contributed by atoms with E-state index in [1.165, 1.54) is 23.3 Å². The second kappa shape index (κ2) is 9.55. The lowest BCUT2D eigenvalue weighted by molar-refractivity contribution is 0.158. The van der Waals surface area contributed by atoms with Crippen molar-refractivity contribution in [1.29, 1.82) is 0 Å². The minimum absolute atomic E-state index is 0.125. The summed E-state index contributed by atoms with van der Waals surface area (Å²) in [6.45, 7) is 3.27. The molecule has 8 heteroatoms. The highest BCUT2D eigenvalue weighted by Gasteiger charge is 2.38. The number of thioether (sulfide) groups is 1. The number of rotatable bonds is 8. The monoisotopic (exact) mass is 432 g/mol. The van der Waals surface area contributed by atoms with Gasteiger partial charge in [0.1, 0.15) is 11.5 Å². The van der Waals surface area contributed by atoms with Gasteiger partial charge in [-0.3, -0.25) is 0 Å². The van der Waals surface area contributed by atoms with Crippen LogP contribution in [0.4, 0.5) is 4.79 Å². The maximum Gasteiger partial charge on any atom is 0.410 e. The first kappa shape index (κ1) is 20.8. The second-order valence-corrected chi connectivity index (χ2v) is 9.67. The van der Waals surface area contributed by atoms with Crippen LogP contribution >= 0.6 is 23.9 Å². The molecule has 1 aromatic carbocycles. The van der Waals surface area contributed by atoms with Crippen molar-refractivity contribution in [2.45, 2.75) is 30.2 Å². The Morgan fingerprint density at radius 3 is 3.00 bits per heavy atom. The summed E-state index contributed by atoms with van der Waals surface area (Å²) in [6.07, 6.45) is 7.05. The zero-order chi connectivity index (χ0) is 20.1. The van der Waals surface area contributed by atoms with Gasteiger partial charge in [-0.05, 0) is 43.2 Å². The Kier molecular flexibility index (Phi) is 6.85. The Hall–Kier alpha value is -1.48. The third kappa shape index (κ3) is 4.99. The number of amides is 1. The van der Waals surface area contributed by atoms with Crippen LogP contribution in [0.15, 0.2) is 46.4 Å². The summed E-state index contributed by atoms with van der Waals surface area (Å²) in [4.78, 5) is 16.2. The Labute approximate surface area is 181 Å². The van der Waals surface area contributed by atoms with Crippen LogP contribution in [-0.2, 0) is 11.2 Å². The number of nitrogens with zero attached hydrogens (tertiary/aromatic N) is 3. The summed E-state index contributed by atoms with van der Waals surface area (Å²) < 4.78 is 13.2. The average molecular weight is 433 g/mol. The van der Waals surface area contributed by atoms with Crippen LogP contribution in [0.5, 0.6) is 0 Å². The molecule has 0 saturated carbocycles. The second-order valence-electron chi connectivity index (χ2n) is 7.74. The predicted octanol–water partition coefficient (Wildman–Crippen LogP) is 3.37. The van der Waals surface area contributed by atoms with Crippen LogP contribution in [-0.4, -0.2) is 72.1 Å². The van der Waals surface area contributed by atoms with Crippen LogP contribution in [0.25, 0.3) is 0 Å². The molecule has 0 spiro atoms. The smallest absolute Gasteiger partial charge is 0.410 e. The highest BCUT2D eigenvalue weighted by Crippen LogP contribution is 2.37. The third-order valence-corrected chi connectivity index (χ3v) is 7.74. The first-order valence-corrected chi connectivity index (χ1v) is 11.9. The summed E-state index contributed by atoms with van der Waals surface area (Å²) in [5.41, 5.74) is 2.62.